The Balaban J connectivity index is 1.76. The minimum Gasteiger partial charge on any atom is -0.396 e. The Hall–Kier alpha value is -1.56. The van der Waals surface area contributed by atoms with Gasteiger partial charge in [0, 0.05) is 5.92 Å². The summed E-state index contributed by atoms with van der Waals surface area (Å²) in [6.45, 7) is -1.63. The molecule has 19 nitrogen and oxygen atoms in total. The van der Waals surface area contributed by atoms with Crippen LogP contribution in [-0.2, 0) is 31.6 Å². The molecular weight excluding hydrogens is 519 g/mol. The van der Waals surface area contributed by atoms with Gasteiger partial charge in [0.25, 0.3) is 5.56 Å². The molecule has 9 N–H and O–H groups in total. The second kappa shape index (κ2) is 9.24. The van der Waals surface area contributed by atoms with Gasteiger partial charge in [0.05, 0.1) is 25.6 Å². The summed E-state index contributed by atoms with van der Waals surface area (Å²) in [5.41, 5.74) is 4.61. The average Bonchev–Trinajstić information content (AvgIpc) is 3.17. The summed E-state index contributed by atoms with van der Waals surface area (Å²) in [5.74, 6) is -1.40. The topological polar surface area (TPSA) is 299 Å². The van der Waals surface area contributed by atoms with Crippen molar-refractivity contribution in [3.05, 3.63) is 16.7 Å². The number of nitrogen functional groups attached to an aromatic ring is 1. The van der Waals surface area contributed by atoms with Crippen molar-refractivity contribution in [1.29, 1.82) is 0 Å². The van der Waals surface area contributed by atoms with E-state index in [-0.39, 0.29) is 17.1 Å². The Morgan fingerprint density at radius 3 is 2.45 bits per heavy atom. The normalized spacial score (nSPS) is 27.5. The highest BCUT2D eigenvalue weighted by molar-refractivity contribution is 7.66. The van der Waals surface area contributed by atoms with Crippen LogP contribution in [0.3, 0.4) is 0 Å². The molecule has 0 amide bonds. The van der Waals surface area contributed by atoms with Crippen molar-refractivity contribution in [1.82, 2.24) is 19.5 Å². The van der Waals surface area contributed by atoms with Crippen molar-refractivity contribution in [2.45, 2.75) is 18.4 Å². The van der Waals surface area contributed by atoms with Crippen LogP contribution in [0, 0.1) is 5.92 Å². The lowest BCUT2D eigenvalue weighted by Gasteiger charge is -2.20. The van der Waals surface area contributed by atoms with Crippen LogP contribution in [0.1, 0.15) is 6.23 Å². The maximum atomic E-state index is 11.9. The van der Waals surface area contributed by atoms with E-state index in [1.165, 1.54) is 0 Å². The van der Waals surface area contributed by atoms with Gasteiger partial charge in [0.2, 0.25) is 5.95 Å². The Morgan fingerprint density at radius 1 is 1.18 bits per heavy atom. The molecule has 186 valence electrons. The van der Waals surface area contributed by atoms with Crippen molar-refractivity contribution in [2.24, 2.45) is 5.92 Å². The fourth-order valence-electron chi connectivity index (χ4n) is 3.01. The van der Waals surface area contributed by atoms with Crippen LogP contribution in [0.2, 0.25) is 0 Å². The second-order valence-electron chi connectivity index (χ2n) is 6.56. The van der Waals surface area contributed by atoms with Crippen LogP contribution >= 0.6 is 23.5 Å². The largest absolute Gasteiger partial charge is 0.490 e. The van der Waals surface area contributed by atoms with Gasteiger partial charge < -0.3 is 40.3 Å². The highest BCUT2D eigenvalue weighted by Crippen LogP contribution is 2.66. The number of hydrogen-bond acceptors (Lipinski definition) is 13. The summed E-state index contributed by atoms with van der Waals surface area (Å²) < 4.78 is 52.3. The van der Waals surface area contributed by atoms with Gasteiger partial charge in [0.15, 0.2) is 17.4 Å². The van der Waals surface area contributed by atoms with Gasteiger partial charge >= 0.3 is 23.5 Å². The van der Waals surface area contributed by atoms with Crippen LogP contribution in [-0.4, -0.2) is 74.7 Å². The van der Waals surface area contributed by atoms with E-state index in [2.05, 4.69) is 28.1 Å². The number of aliphatic hydroxyl groups excluding tert-OH is 2. The molecule has 0 saturated carbocycles. The molecule has 0 radical (unpaired) electrons. The van der Waals surface area contributed by atoms with Gasteiger partial charge in [0.1, 0.15) is 6.10 Å². The zero-order chi connectivity index (χ0) is 24.8. The van der Waals surface area contributed by atoms with Crippen molar-refractivity contribution in [2.75, 3.05) is 18.9 Å². The van der Waals surface area contributed by atoms with Crippen molar-refractivity contribution in [3.8, 4) is 0 Å². The van der Waals surface area contributed by atoms with Gasteiger partial charge in [-0.25, -0.2) is 18.7 Å². The molecule has 1 fully saturated rings. The Kier molecular flexibility index (Phi) is 7.29. The number of ether oxygens (including phenoxy) is 1. The number of imidazole rings is 1. The van der Waals surface area contributed by atoms with Crippen molar-refractivity contribution >= 4 is 40.6 Å². The van der Waals surface area contributed by atoms with Crippen LogP contribution in [0.4, 0.5) is 5.95 Å². The number of nitrogens with zero attached hydrogens (tertiary/aromatic N) is 3. The third kappa shape index (κ3) is 6.12. The lowest BCUT2D eigenvalue weighted by Crippen LogP contribution is -2.31. The molecule has 2 aromatic rings. The number of fused-ring (bicyclic) bond motifs is 1. The van der Waals surface area contributed by atoms with Crippen LogP contribution in [0.25, 0.3) is 11.2 Å². The van der Waals surface area contributed by atoms with E-state index in [0.717, 1.165) is 10.9 Å². The molecule has 2 unspecified atom stereocenters. The first kappa shape index (κ1) is 26.1. The summed E-state index contributed by atoms with van der Waals surface area (Å²) in [7, 11) is -16.7. The minimum absolute atomic E-state index is 0.0782. The summed E-state index contributed by atoms with van der Waals surface area (Å²) in [6, 6.07) is 0. The van der Waals surface area contributed by atoms with E-state index in [9.17, 15) is 38.5 Å². The summed E-state index contributed by atoms with van der Waals surface area (Å²) in [6.07, 6.45) is -3.03. The number of anilines is 1. The molecule has 0 bridgehead atoms. The van der Waals surface area contributed by atoms with Gasteiger partial charge in [-0.15, -0.1) is 0 Å². The van der Waals surface area contributed by atoms with Gasteiger partial charge in [-0.1, -0.05) is 0 Å². The Labute approximate surface area is 182 Å². The minimum atomic E-state index is -5.73. The Morgan fingerprint density at radius 2 is 1.85 bits per heavy atom. The van der Waals surface area contributed by atoms with E-state index in [1.54, 1.807) is 0 Å². The smallest absolute Gasteiger partial charge is 0.396 e. The third-order valence-corrected chi connectivity index (χ3v) is 8.08. The fourth-order valence-corrected chi connectivity index (χ4v) is 6.04. The molecule has 1 aliphatic heterocycles. The number of hydrogen-bond donors (Lipinski definition) is 8. The molecule has 0 aliphatic carbocycles. The SMILES string of the molecule is Nc1nc2c(ncn2[C@@H]2O[C@H](COP(=O)(O)OP(=O)(O)OP(=O)(O)O)[C@@H](CO)[C@H]2O)c(=O)[nH]1. The molecular formula is C11H18N5O14P3. The van der Waals surface area contributed by atoms with Crippen LogP contribution < -0.4 is 11.3 Å². The van der Waals surface area contributed by atoms with Gasteiger partial charge in [-0.05, 0) is 0 Å². The van der Waals surface area contributed by atoms with E-state index in [1.807, 2.05) is 0 Å². The van der Waals surface area contributed by atoms with E-state index >= 15 is 0 Å². The number of nitrogens with two attached hydrogens (primary N) is 1. The molecule has 6 atom stereocenters. The predicted octanol–water partition coefficient (Wildman–Crippen LogP) is -2.09. The van der Waals surface area contributed by atoms with E-state index < -0.39 is 66.6 Å². The molecule has 0 aromatic carbocycles. The number of phosphoric ester groups is 1. The first-order valence-corrected chi connectivity index (χ1v) is 13.1. The average molecular weight is 537 g/mol. The first-order valence-electron chi connectivity index (χ1n) is 8.57. The zero-order valence-corrected chi connectivity index (χ0v) is 18.7. The highest BCUT2D eigenvalue weighted by atomic mass is 31.3. The number of aromatic nitrogens is 4. The summed E-state index contributed by atoms with van der Waals surface area (Å²) in [5, 5.41) is 20.1. The second-order valence-corrected chi connectivity index (χ2v) is 11.0. The summed E-state index contributed by atoms with van der Waals surface area (Å²) in [4.78, 5) is 57.7. The molecule has 1 saturated heterocycles. The highest BCUT2D eigenvalue weighted by Gasteiger charge is 2.47. The number of nitrogens with one attached hydrogen (secondary N) is 1. The van der Waals surface area contributed by atoms with E-state index in [0.29, 0.717) is 0 Å². The zero-order valence-electron chi connectivity index (χ0n) is 16.0. The first-order chi connectivity index (χ1) is 15.1. The maximum Gasteiger partial charge on any atom is 0.490 e. The predicted molar refractivity (Wildman–Crippen MR) is 103 cm³/mol. The van der Waals surface area contributed by atoms with Gasteiger partial charge in [-0.3, -0.25) is 18.9 Å². The fraction of sp³-hybridized carbons (Fsp3) is 0.545. The van der Waals surface area contributed by atoms with E-state index in [4.69, 9.17) is 20.3 Å². The molecule has 1 aliphatic rings. The van der Waals surface area contributed by atoms with Crippen molar-refractivity contribution < 1.29 is 61.4 Å². The molecule has 3 heterocycles. The lowest BCUT2D eigenvalue weighted by molar-refractivity contribution is -0.0490. The Bertz CT molecular complexity index is 1230. The van der Waals surface area contributed by atoms with Gasteiger partial charge in [-0.2, -0.15) is 13.6 Å². The third-order valence-electron chi connectivity index (χ3n) is 4.28. The molecule has 2 aromatic heterocycles. The maximum absolute atomic E-state index is 11.9. The number of aliphatic hydroxyl groups is 2. The number of rotatable bonds is 9. The molecule has 33 heavy (non-hydrogen) atoms. The number of phosphoric acid groups is 3. The van der Waals surface area contributed by atoms with Crippen LogP contribution in [0.5, 0.6) is 0 Å². The monoisotopic (exact) mass is 537 g/mol. The number of aromatic amines is 1. The summed E-state index contributed by atoms with van der Waals surface area (Å²) >= 11 is 0. The lowest BCUT2D eigenvalue weighted by atomic mass is 9.99. The number of H-pyrrole nitrogens is 1. The molecule has 0 spiro atoms. The standard InChI is InChI=1S/C11H18N5O14P3/c12-11-14-8-6(9(19)15-11)13-3-16(8)10-7(18)4(1-17)5(28-10)2-27-32(23,24)30-33(25,26)29-31(20,21)22/h3-5,7,10,17-18H,1-2H2,(H,23,24)(H,25,26)(H2,20,21,22)(H3,12,14,15,19)/t4-,5-,7-,10-/m1/s1. The quantitative estimate of drug-likeness (QED) is 0.159. The van der Waals surface area contributed by atoms with Crippen molar-refractivity contribution in [3.63, 3.8) is 0 Å². The van der Waals surface area contributed by atoms with Crippen LogP contribution in [0.15, 0.2) is 11.1 Å². The molecule has 3 rings (SSSR count). The molecule has 22 heteroatoms.